The Morgan fingerprint density at radius 3 is 2.46 bits per heavy atom. The number of carbonyl (C=O) groups excluding carboxylic acids is 1. The molecule has 0 aliphatic rings. The molecule has 3 nitrogen and oxygen atoms in total. The molecule has 0 heterocycles. The lowest BCUT2D eigenvalue weighted by Crippen LogP contribution is -2.26. The third kappa shape index (κ3) is 4.86. The molecule has 2 aromatic carbocycles. The summed E-state index contributed by atoms with van der Waals surface area (Å²) >= 11 is 7.33. The zero-order valence-electron chi connectivity index (χ0n) is 14.3. The van der Waals surface area contributed by atoms with Gasteiger partial charge >= 0.3 is 0 Å². The van der Waals surface area contributed by atoms with Crippen LogP contribution in [0.2, 0.25) is 5.02 Å². The normalized spacial score (nSPS) is 12.4. The molecule has 1 unspecified atom stereocenters. The van der Waals surface area contributed by atoms with Crippen LogP contribution in [0.1, 0.15) is 29.2 Å². The molecule has 0 radical (unpaired) electrons. The summed E-state index contributed by atoms with van der Waals surface area (Å²) in [4.78, 5) is 13.1. The van der Waals surface area contributed by atoms with Gasteiger partial charge in [0.05, 0.1) is 11.5 Å². The highest BCUT2D eigenvalue weighted by atomic mass is 35.5. The largest absolute Gasteiger partial charge is 0.272 e. The summed E-state index contributed by atoms with van der Waals surface area (Å²) in [5.41, 5.74) is 7.29. The van der Waals surface area contributed by atoms with Gasteiger partial charge in [-0.05, 0) is 74.2 Å². The van der Waals surface area contributed by atoms with Gasteiger partial charge in [-0.15, -0.1) is 11.8 Å². The molecular formula is C19H21ClN2OS. The minimum atomic E-state index is -0.246. The number of aryl methyl sites for hydroxylation is 1. The van der Waals surface area contributed by atoms with Crippen LogP contribution in [-0.2, 0) is 4.79 Å². The number of amides is 1. The van der Waals surface area contributed by atoms with E-state index in [4.69, 9.17) is 11.6 Å². The van der Waals surface area contributed by atoms with Gasteiger partial charge in [0.25, 0.3) is 5.91 Å². The summed E-state index contributed by atoms with van der Waals surface area (Å²) < 4.78 is 0. The maximum absolute atomic E-state index is 12.1. The fraction of sp³-hybridized carbons (Fsp3) is 0.263. The van der Waals surface area contributed by atoms with Crippen LogP contribution in [0.15, 0.2) is 46.4 Å². The minimum Gasteiger partial charge on any atom is -0.272 e. The van der Waals surface area contributed by atoms with E-state index >= 15 is 0 Å². The van der Waals surface area contributed by atoms with Crippen molar-refractivity contribution >= 4 is 35.5 Å². The summed E-state index contributed by atoms with van der Waals surface area (Å²) in [7, 11) is 0. The van der Waals surface area contributed by atoms with Gasteiger partial charge in [0, 0.05) is 9.92 Å². The number of rotatable bonds is 5. The first-order valence-electron chi connectivity index (χ1n) is 7.70. The molecule has 1 N–H and O–H groups in total. The van der Waals surface area contributed by atoms with Gasteiger partial charge in [0.1, 0.15) is 0 Å². The van der Waals surface area contributed by atoms with E-state index in [9.17, 15) is 4.79 Å². The van der Waals surface area contributed by atoms with Crippen molar-refractivity contribution in [2.45, 2.75) is 37.8 Å². The van der Waals surface area contributed by atoms with Crippen molar-refractivity contribution in [3.63, 3.8) is 0 Å². The number of carbonyl (C=O) groups is 1. The van der Waals surface area contributed by atoms with Crippen molar-refractivity contribution in [1.29, 1.82) is 0 Å². The number of halogens is 1. The first-order chi connectivity index (χ1) is 11.4. The topological polar surface area (TPSA) is 41.5 Å². The van der Waals surface area contributed by atoms with E-state index in [1.165, 1.54) is 28.5 Å². The Bertz CT molecular complexity index is 757. The van der Waals surface area contributed by atoms with E-state index in [0.717, 1.165) is 10.5 Å². The molecule has 1 atom stereocenters. The Morgan fingerprint density at radius 1 is 1.12 bits per heavy atom. The molecule has 2 aromatic rings. The summed E-state index contributed by atoms with van der Waals surface area (Å²) in [6.45, 7) is 8.09. The molecule has 0 saturated heterocycles. The lowest BCUT2D eigenvalue weighted by Gasteiger charge is -2.10. The SMILES string of the molecule is Cc1ccc(C=NNC(=O)C(C)Sc2ccc(Cl)cc2)c(C)c1C. The zero-order chi connectivity index (χ0) is 17.7. The molecule has 0 aliphatic heterocycles. The van der Waals surface area contributed by atoms with Crippen LogP contribution >= 0.6 is 23.4 Å². The van der Waals surface area contributed by atoms with Gasteiger partial charge in [0.15, 0.2) is 0 Å². The van der Waals surface area contributed by atoms with Crippen LogP contribution in [0.3, 0.4) is 0 Å². The third-order valence-corrected chi connectivity index (χ3v) is 5.34. The predicted octanol–water partition coefficient (Wildman–Crippen LogP) is 4.90. The molecule has 0 fully saturated rings. The average Bonchev–Trinajstić information content (AvgIpc) is 2.56. The second-order valence-electron chi connectivity index (χ2n) is 5.67. The van der Waals surface area contributed by atoms with Crippen LogP contribution in [0.5, 0.6) is 0 Å². The van der Waals surface area contributed by atoms with Gasteiger partial charge < -0.3 is 0 Å². The number of hydrogen-bond donors (Lipinski definition) is 1. The fourth-order valence-electron chi connectivity index (χ4n) is 2.14. The van der Waals surface area contributed by atoms with Gasteiger partial charge in [-0.25, -0.2) is 5.43 Å². The molecule has 24 heavy (non-hydrogen) atoms. The average molecular weight is 361 g/mol. The Hall–Kier alpha value is -1.78. The zero-order valence-corrected chi connectivity index (χ0v) is 15.8. The molecule has 2 rings (SSSR count). The molecule has 0 aliphatic carbocycles. The van der Waals surface area contributed by atoms with Gasteiger partial charge in [-0.3, -0.25) is 4.79 Å². The lowest BCUT2D eigenvalue weighted by atomic mass is 10.00. The van der Waals surface area contributed by atoms with Gasteiger partial charge in [0.2, 0.25) is 0 Å². The maximum Gasteiger partial charge on any atom is 0.253 e. The van der Waals surface area contributed by atoms with E-state index in [1.54, 1.807) is 6.21 Å². The molecule has 126 valence electrons. The van der Waals surface area contributed by atoms with Crippen LogP contribution in [0.4, 0.5) is 0 Å². The van der Waals surface area contributed by atoms with Crippen molar-refractivity contribution in [3.05, 3.63) is 63.7 Å². The molecular weight excluding hydrogens is 340 g/mol. The monoisotopic (exact) mass is 360 g/mol. The Kier molecular flexibility index (Phi) is 6.46. The first-order valence-corrected chi connectivity index (χ1v) is 8.96. The lowest BCUT2D eigenvalue weighted by molar-refractivity contribution is -0.120. The number of nitrogens with zero attached hydrogens (tertiary/aromatic N) is 1. The van der Waals surface area contributed by atoms with Crippen molar-refractivity contribution in [3.8, 4) is 0 Å². The predicted molar refractivity (Wildman–Crippen MR) is 103 cm³/mol. The van der Waals surface area contributed by atoms with Crippen LogP contribution < -0.4 is 5.43 Å². The molecule has 0 aromatic heterocycles. The van der Waals surface area contributed by atoms with E-state index < -0.39 is 0 Å². The number of hydrogen-bond acceptors (Lipinski definition) is 3. The van der Waals surface area contributed by atoms with Crippen molar-refractivity contribution in [1.82, 2.24) is 5.43 Å². The Balaban J connectivity index is 1.94. The molecule has 5 heteroatoms. The number of hydrazone groups is 1. The highest BCUT2D eigenvalue weighted by molar-refractivity contribution is 8.00. The van der Waals surface area contributed by atoms with Crippen molar-refractivity contribution < 1.29 is 4.79 Å². The molecule has 0 bridgehead atoms. The van der Waals surface area contributed by atoms with E-state index in [2.05, 4.69) is 37.4 Å². The van der Waals surface area contributed by atoms with Gasteiger partial charge in [-0.2, -0.15) is 5.10 Å². The third-order valence-electron chi connectivity index (χ3n) is 3.97. The van der Waals surface area contributed by atoms with E-state index in [0.29, 0.717) is 5.02 Å². The number of nitrogens with one attached hydrogen (secondary N) is 1. The second kappa shape index (κ2) is 8.36. The first kappa shape index (κ1) is 18.6. The van der Waals surface area contributed by atoms with E-state index in [1.807, 2.05) is 37.3 Å². The van der Waals surface area contributed by atoms with Gasteiger partial charge in [-0.1, -0.05) is 23.7 Å². The van der Waals surface area contributed by atoms with Crippen molar-refractivity contribution in [2.24, 2.45) is 5.10 Å². The Labute approximate surface area is 152 Å². The summed E-state index contributed by atoms with van der Waals surface area (Å²) in [5, 5.41) is 4.53. The number of thioether (sulfide) groups is 1. The molecule has 0 saturated carbocycles. The minimum absolute atomic E-state index is 0.132. The molecule has 0 spiro atoms. The highest BCUT2D eigenvalue weighted by Gasteiger charge is 2.13. The maximum atomic E-state index is 12.1. The molecule has 1 amide bonds. The Morgan fingerprint density at radius 2 is 1.79 bits per heavy atom. The quantitative estimate of drug-likeness (QED) is 0.468. The smallest absolute Gasteiger partial charge is 0.253 e. The second-order valence-corrected chi connectivity index (χ2v) is 7.52. The number of benzene rings is 2. The highest BCUT2D eigenvalue weighted by Crippen LogP contribution is 2.24. The summed E-state index contributed by atoms with van der Waals surface area (Å²) in [6.07, 6.45) is 1.69. The van der Waals surface area contributed by atoms with Crippen LogP contribution in [0, 0.1) is 20.8 Å². The van der Waals surface area contributed by atoms with Crippen LogP contribution in [-0.4, -0.2) is 17.4 Å². The van der Waals surface area contributed by atoms with E-state index in [-0.39, 0.29) is 11.2 Å². The van der Waals surface area contributed by atoms with Crippen LogP contribution in [0.25, 0.3) is 0 Å². The standard InChI is InChI=1S/C19H21ClN2OS/c1-12-5-6-16(14(3)13(12)2)11-21-22-19(23)15(4)24-18-9-7-17(20)8-10-18/h5-11,15H,1-4H3,(H,22,23). The fourth-order valence-corrected chi connectivity index (χ4v) is 3.13. The summed E-state index contributed by atoms with van der Waals surface area (Å²) in [5.74, 6) is -0.132. The van der Waals surface area contributed by atoms with Crippen molar-refractivity contribution in [2.75, 3.05) is 0 Å². The summed E-state index contributed by atoms with van der Waals surface area (Å²) in [6, 6.07) is 11.5.